The van der Waals surface area contributed by atoms with Crippen molar-refractivity contribution < 1.29 is 4.79 Å². The van der Waals surface area contributed by atoms with Gasteiger partial charge in [-0.1, -0.05) is 42.1 Å². The smallest absolute Gasteiger partial charge is 0.233 e. The molecule has 0 aliphatic heterocycles. The van der Waals surface area contributed by atoms with Crippen LogP contribution in [0.3, 0.4) is 0 Å². The lowest BCUT2D eigenvalue weighted by atomic mass is 9.97. The number of amides is 1. The van der Waals surface area contributed by atoms with Gasteiger partial charge in [0.25, 0.3) is 0 Å². The second-order valence-electron chi connectivity index (χ2n) is 6.97. The van der Waals surface area contributed by atoms with E-state index in [-0.39, 0.29) is 17.2 Å². The first-order chi connectivity index (χ1) is 13.1. The van der Waals surface area contributed by atoms with Crippen molar-refractivity contribution in [3.05, 3.63) is 52.7 Å². The summed E-state index contributed by atoms with van der Waals surface area (Å²) in [5.74, 6) is 0.0345. The molecular formula is C21H23N3OS2. The molecule has 0 saturated heterocycles. The fourth-order valence-corrected chi connectivity index (χ4v) is 5.78. The monoisotopic (exact) mass is 397 g/mol. The fourth-order valence-electron chi connectivity index (χ4n) is 3.53. The average Bonchev–Trinajstić information content (AvgIpc) is 3.08. The summed E-state index contributed by atoms with van der Waals surface area (Å²) in [7, 11) is 0. The van der Waals surface area contributed by atoms with E-state index in [0.717, 1.165) is 28.3 Å². The normalized spacial score (nSPS) is 15.9. The molecule has 0 fully saturated rings. The van der Waals surface area contributed by atoms with Crippen LogP contribution in [0.15, 0.2) is 41.7 Å². The minimum Gasteiger partial charge on any atom is -0.349 e. The lowest BCUT2D eigenvalue weighted by Crippen LogP contribution is -2.33. The van der Waals surface area contributed by atoms with Crippen LogP contribution in [0.25, 0.3) is 10.2 Å². The molecule has 0 spiro atoms. The molecule has 1 N–H and O–H groups in total. The van der Waals surface area contributed by atoms with Crippen LogP contribution in [0, 0.1) is 0 Å². The van der Waals surface area contributed by atoms with Gasteiger partial charge in [0.15, 0.2) is 0 Å². The number of fused-ring (bicyclic) bond motifs is 3. The predicted molar refractivity (Wildman–Crippen MR) is 112 cm³/mol. The average molecular weight is 398 g/mol. The van der Waals surface area contributed by atoms with Gasteiger partial charge in [-0.05, 0) is 50.7 Å². The van der Waals surface area contributed by atoms with Crippen molar-refractivity contribution in [1.29, 1.82) is 0 Å². The number of nitrogens with zero attached hydrogens (tertiary/aromatic N) is 2. The van der Waals surface area contributed by atoms with Crippen molar-refractivity contribution in [2.75, 3.05) is 0 Å². The molecule has 0 saturated carbocycles. The number of thioether (sulfide) groups is 1. The molecule has 1 aliphatic carbocycles. The summed E-state index contributed by atoms with van der Waals surface area (Å²) >= 11 is 3.33. The van der Waals surface area contributed by atoms with Gasteiger partial charge in [-0.25, -0.2) is 9.97 Å². The number of nitrogens with one attached hydrogen (secondary N) is 1. The Kier molecular flexibility index (Phi) is 5.45. The third-order valence-electron chi connectivity index (χ3n) is 5.03. The molecule has 4 rings (SSSR count). The topological polar surface area (TPSA) is 54.9 Å². The van der Waals surface area contributed by atoms with Gasteiger partial charge in [0.2, 0.25) is 5.91 Å². The van der Waals surface area contributed by atoms with Crippen LogP contribution in [0.5, 0.6) is 0 Å². The molecule has 3 aromatic rings. The molecule has 2 atom stereocenters. The number of hydrogen-bond acceptors (Lipinski definition) is 5. The first-order valence-electron chi connectivity index (χ1n) is 9.40. The van der Waals surface area contributed by atoms with Crippen LogP contribution in [0.1, 0.15) is 48.7 Å². The predicted octanol–water partition coefficient (Wildman–Crippen LogP) is 4.93. The van der Waals surface area contributed by atoms with Crippen LogP contribution in [-0.2, 0) is 17.6 Å². The lowest BCUT2D eigenvalue weighted by Gasteiger charge is -2.18. The number of aryl methyl sites for hydroxylation is 2. The number of carbonyl (C=O) groups excluding carboxylic acids is 1. The molecule has 1 aromatic carbocycles. The maximum atomic E-state index is 12.7. The number of carbonyl (C=O) groups is 1. The van der Waals surface area contributed by atoms with E-state index in [1.165, 1.54) is 40.4 Å². The van der Waals surface area contributed by atoms with E-state index in [1.807, 2.05) is 44.2 Å². The van der Waals surface area contributed by atoms with E-state index in [0.29, 0.717) is 0 Å². The second-order valence-corrected chi connectivity index (χ2v) is 9.38. The highest BCUT2D eigenvalue weighted by molar-refractivity contribution is 8.00. The fraction of sp³-hybridized carbons (Fsp3) is 0.381. The van der Waals surface area contributed by atoms with Crippen molar-refractivity contribution in [2.24, 2.45) is 0 Å². The van der Waals surface area contributed by atoms with Crippen molar-refractivity contribution in [3.8, 4) is 0 Å². The van der Waals surface area contributed by atoms with E-state index in [1.54, 1.807) is 17.7 Å². The molecule has 4 nitrogen and oxygen atoms in total. The Bertz CT molecular complexity index is 955. The van der Waals surface area contributed by atoms with Crippen LogP contribution in [-0.4, -0.2) is 21.1 Å². The molecule has 27 heavy (non-hydrogen) atoms. The van der Waals surface area contributed by atoms with Gasteiger partial charge in [0.05, 0.1) is 11.3 Å². The van der Waals surface area contributed by atoms with Gasteiger partial charge in [0, 0.05) is 10.3 Å². The molecule has 0 bridgehead atoms. The first-order valence-corrected chi connectivity index (χ1v) is 11.1. The van der Waals surface area contributed by atoms with E-state index in [4.69, 9.17) is 0 Å². The van der Waals surface area contributed by atoms with Crippen molar-refractivity contribution >= 4 is 39.2 Å². The number of rotatable bonds is 5. The maximum Gasteiger partial charge on any atom is 0.233 e. The van der Waals surface area contributed by atoms with Crippen LogP contribution >= 0.6 is 23.1 Å². The standard InChI is InChI=1S/C21H23N3OS2/c1-13(15-8-4-3-5-9-15)24-19(25)14(2)26-20-18-16-10-6-7-11-17(16)27-21(18)23-12-22-20/h3-5,8-9,12-14H,6-7,10-11H2,1-2H3,(H,24,25). The molecule has 1 amide bonds. The Balaban J connectivity index is 1.52. The Labute approximate surface area is 167 Å². The highest BCUT2D eigenvalue weighted by Crippen LogP contribution is 2.40. The summed E-state index contributed by atoms with van der Waals surface area (Å²) in [5.41, 5.74) is 2.52. The molecule has 2 heterocycles. The Morgan fingerprint density at radius 3 is 2.74 bits per heavy atom. The molecule has 2 aromatic heterocycles. The quantitative estimate of drug-likeness (QED) is 0.490. The summed E-state index contributed by atoms with van der Waals surface area (Å²) in [6.45, 7) is 3.97. The largest absolute Gasteiger partial charge is 0.349 e. The first kappa shape index (κ1) is 18.4. The maximum absolute atomic E-state index is 12.7. The van der Waals surface area contributed by atoms with E-state index in [9.17, 15) is 4.79 Å². The van der Waals surface area contributed by atoms with Crippen LogP contribution < -0.4 is 5.32 Å². The van der Waals surface area contributed by atoms with Gasteiger partial charge in [-0.3, -0.25) is 4.79 Å². The Hall–Kier alpha value is -1.92. The molecule has 2 unspecified atom stereocenters. The number of thiophene rings is 1. The van der Waals surface area contributed by atoms with Gasteiger partial charge in [-0.2, -0.15) is 0 Å². The zero-order chi connectivity index (χ0) is 18.8. The second kappa shape index (κ2) is 7.98. The third-order valence-corrected chi connectivity index (χ3v) is 7.33. The zero-order valence-corrected chi connectivity index (χ0v) is 17.2. The molecule has 0 radical (unpaired) electrons. The molecule has 140 valence electrons. The highest BCUT2D eigenvalue weighted by atomic mass is 32.2. The van der Waals surface area contributed by atoms with Crippen LogP contribution in [0.4, 0.5) is 0 Å². The number of benzene rings is 1. The van der Waals surface area contributed by atoms with Crippen molar-refractivity contribution in [1.82, 2.24) is 15.3 Å². The van der Waals surface area contributed by atoms with Crippen molar-refractivity contribution in [3.63, 3.8) is 0 Å². The summed E-state index contributed by atoms with van der Waals surface area (Å²) in [4.78, 5) is 24.2. The summed E-state index contributed by atoms with van der Waals surface area (Å²) < 4.78 is 0. The van der Waals surface area contributed by atoms with E-state index in [2.05, 4.69) is 15.3 Å². The molecular weight excluding hydrogens is 374 g/mol. The minimum atomic E-state index is -0.214. The summed E-state index contributed by atoms with van der Waals surface area (Å²) in [6, 6.07) is 10.0. The van der Waals surface area contributed by atoms with Gasteiger partial charge < -0.3 is 5.32 Å². The van der Waals surface area contributed by atoms with Crippen molar-refractivity contribution in [2.45, 2.75) is 55.8 Å². The Morgan fingerprint density at radius 2 is 1.93 bits per heavy atom. The third kappa shape index (κ3) is 3.87. The number of aromatic nitrogens is 2. The SMILES string of the molecule is CC(Sc1ncnc2sc3c(c12)CCCC3)C(=O)NC(C)c1ccccc1. The zero-order valence-electron chi connectivity index (χ0n) is 15.6. The minimum absolute atomic E-state index is 0.0129. The molecule has 1 aliphatic rings. The van der Waals surface area contributed by atoms with Gasteiger partial charge >= 0.3 is 0 Å². The van der Waals surface area contributed by atoms with E-state index >= 15 is 0 Å². The molecule has 6 heteroatoms. The Morgan fingerprint density at radius 1 is 1.15 bits per heavy atom. The van der Waals surface area contributed by atoms with Crippen LogP contribution in [0.2, 0.25) is 0 Å². The van der Waals surface area contributed by atoms with Gasteiger partial charge in [0.1, 0.15) is 16.2 Å². The lowest BCUT2D eigenvalue weighted by molar-refractivity contribution is -0.120. The highest BCUT2D eigenvalue weighted by Gasteiger charge is 2.23. The summed E-state index contributed by atoms with van der Waals surface area (Å²) in [6.07, 6.45) is 6.35. The number of hydrogen-bond donors (Lipinski definition) is 1. The van der Waals surface area contributed by atoms with Gasteiger partial charge in [-0.15, -0.1) is 11.3 Å². The van der Waals surface area contributed by atoms with E-state index < -0.39 is 0 Å². The summed E-state index contributed by atoms with van der Waals surface area (Å²) in [5, 5.41) is 5.02.